The summed E-state index contributed by atoms with van der Waals surface area (Å²) in [4.78, 5) is 14.8. The van der Waals surface area contributed by atoms with Gasteiger partial charge in [-0.2, -0.15) is 0 Å². The summed E-state index contributed by atoms with van der Waals surface area (Å²) in [6, 6.07) is 0.357. The van der Waals surface area contributed by atoms with E-state index in [0.717, 1.165) is 42.0 Å². The molecule has 0 aliphatic heterocycles. The van der Waals surface area contributed by atoms with Gasteiger partial charge in [-0.15, -0.1) is 0 Å². The Balaban J connectivity index is 1.64. The zero-order valence-electron chi connectivity index (χ0n) is 11.4. The van der Waals surface area contributed by atoms with Crippen molar-refractivity contribution in [3.8, 4) is 0 Å². The molecule has 2 bridgehead atoms. The first-order valence-electron chi connectivity index (χ1n) is 7.51. The van der Waals surface area contributed by atoms with Crippen LogP contribution in [-0.2, 0) is 4.79 Å². The maximum absolute atomic E-state index is 12.7. The largest absolute Gasteiger partial charge is 0.340 e. The molecule has 3 rings (SSSR count). The van der Waals surface area contributed by atoms with Gasteiger partial charge in [-0.1, -0.05) is 15.9 Å². The molecular formula is C15H24BrNO. The third kappa shape index (κ3) is 1.93. The van der Waals surface area contributed by atoms with Crippen LogP contribution in [-0.4, -0.2) is 28.7 Å². The summed E-state index contributed by atoms with van der Waals surface area (Å²) in [5, 5.41) is 0.992. The molecule has 0 aromatic rings. The first-order chi connectivity index (χ1) is 8.65. The van der Waals surface area contributed by atoms with E-state index >= 15 is 0 Å². The van der Waals surface area contributed by atoms with Gasteiger partial charge in [0, 0.05) is 23.8 Å². The lowest BCUT2D eigenvalue weighted by molar-refractivity contribution is -0.135. The van der Waals surface area contributed by atoms with Crippen LogP contribution in [0.25, 0.3) is 0 Å². The second-order valence-electron chi connectivity index (χ2n) is 6.68. The minimum Gasteiger partial charge on any atom is -0.340 e. The minimum atomic E-state index is 0.357. The lowest BCUT2D eigenvalue weighted by Crippen LogP contribution is -2.40. The first kappa shape index (κ1) is 13.0. The summed E-state index contributed by atoms with van der Waals surface area (Å²) in [7, 11) is 0. The monoisotopic (exact) mass is 313 g/mol. The molecule has 0 spiro atoms. The van der Waals surface area contributed by atoms with Crippen LogP contribution >= 0.6 is 15.9 Å². The molecule has 0 saturated heterocycles. The van der Waals surface area contributed by atoms with Crippen LogP contribution in [0.4, 0.5) is 0 Å². The molecule has 0 heterocycles. The number of fused-ring (bicyclic) bond motifs is 5. The van der Waals surface area contributed by atoms with E-state index in [1.807, 2.05) is 0 Å². The number of alkyl halides is 1. The van der Waals surface area contributed by atoms with Crippen LogP contribution in [0.1, 0.15) is 39.5 Å². The van der Waals surface area contributed by atoms with E-state index in [-0.39, 0.29) is 0 Å². The maximum atomic E-state index is 12.7. The molecule has 1 amide bonds. The van der Waals surface area contributed by atoms with E-state index in [2.05, 4.69) is 34.7 Å². The first-order valence-corrected chi connectivity index (χ1v) is 8.63. The van der Waals surface area contributed by atoms with Gasteiger partial charge in [0.1, 0.15) is 0 Å². The highest BCUT2D eigenvalue weighted by molar-refractivity contribution is 9.09. The molecule has 0 aromatic carbocycles. The number of nitrogens with zero attached hydrogens (tertiary/aromatic N) is 1. The average molecular weight is 314 g/mol. The summed E-state index contributed by atoms with van der Waals surface area (Å²) < 4.78 is 0. The van der Waals surface area contributed by atoms with Crippen molar-refractivity contribution in [1.29, 1.82) is 0 Å². The van der Waals surface area contributed by atoms with E-state index in [1.54, 1.807) is 0 Å². The number of carbonyl (C=O) groups excluding carboxylic acids is 1. The lowest BCUT2D eigenvalue weighted by Gasteiger charge is -2.28. The molecule has 0 N–H and O–H groups in total. The topological polar surface area (TPSA) is 20.3 Å². The molecule has 0 aromatic heterocycles. The van der Waals surface area contributed by atoms with E-state index in [9.17, 15) is 4.79 Å². The molecule has 3 aliphatic rings. The van der Waals surface area contributed by atoms with Crippen LogP contribution < -0.4 is 0 Å². The van der Waals surface area contributed by atoms with Gasteiger partial charge in [0.2, 0.25) is 5.91 Å². The zero-order chi connectivity index (χ0) is 12.9. The Morgan fingerprint density at radius 3 is 2.39 bits per heavy atom. The van der Waals surface area contributed by atoms with E-state index in [4.69, 9.17) is 0 Å². The zero-order valence-corrected chi connectivity index (χ0v) is 13.0. The van der Waals surface area contributed by atoms with E-state index < -0.39 is 0 Å². The molecule has 4 atom stereocenters. The Morgan fingerprint density at radius 1 is 1.28 bits per heavy atom. The third-order valence-corrected chi connectivity index (χ3v) is 6.02. The predicted molar refractivity (Wildman–Crippen MR) is 76.6 cm³/mol. The quantitative estimate of drug-likeness (QED) is 0.713. The molecule has 3 aliphatic carbocycles. The maximum Gasteiger partial charge on any atom is 0.226 e. The van der Waals surface area contributed by atoms with Crippen LogP contribution in [0, 0.1) is 29.6 Å². The normalized spacial score (nSPS) is 40.1. The van der Waals surface area contributed by atoms with Crippen molar-refractivity contribution in [2.24, 2.45) is 29.6 Å². The van der Waals surface area contributed by atoms with Crippen molar-refractivity contribution in [3.63, 3.8) is 0 Å². The minimum absolute atomic E-state index is 0.357. The van der Waals surface area contributed by atoms with Crippen molar-refractivity contribution in [2.45, 2.75) is 45.6 Å². The van der Waals surface area contributed by atoms with Gasteiger partial charge < -0.3 is 4.90 Å². The molecular weight excluding hydrogens is 290 g/mol. The Hall–Kier alpha value is -0.0500. The predicted octanol–water partition coefficient (Wildman–Crippen LogP) is 3.30. The highest BCUT2D eigenvalue weighted by Gasteiger charge is 2.67. The number of amides is 1. The fourth-order valence-corrected chi connectivity index (χ4v) is 4.95. The summed E-state index contributed by atoms with van der Waals surface area (Å²) in [6.07, 6.45) is 5.30. The van der Waals surface area contributed by atoms with Crippen molar-refractivity contribution < 1.29 is 4.79 Å². The molecule has 4 unspecified atom stereocenters. The Bertz CT molecular complexity index is 327. The number of rotatable bonds is 5. The van der Waals surface area contributed by atoms with Gasteiger partial charge in [0.25, 0.3) is 0 Å². The Kier molecular flexibility index (Phi) is 3.46. The van der Waals surface area contributed by atoms with Crippen LogP contribution in [0.5, 0.6) is 0 Å². The summed E-state index contributed by atoms with van der Waals surface area (Å²) in [5.74, 6) is 4.24. The van der Waals surface area contributed by atoms with Crippen molar-refractivity contribution in [1.82, 2.24) is 4.90 Å². The van der Waals surface area contributed by atoms with E-state index in [1.165, 1.54) is 19.3 Å². The van der Waals surface area contributed by atoms with Crippen molar-refractivity contribution in [2.75, 3.05) is 11.9 Å². The Morgan fingerprint density at radius 2 is 1.89 bits per heavy atom. The van der Waals surface area contributed by atoms with Gasteiger partial charge in [-0.3, -0.25) is 4.79 Å². The second kappa shape index (κ2) is 4.81. The number of hydrogen-bond donors (Lipinski definition) is 0. The highest BCUT2D eigenvalue weighted by Crippen LogP contribution is 2.69. The molecule has 3 fully saturated rings. The summed E-state index contributed by atoms with van der Waals surface area (Å²) >= 11 is 3.47. The van der Waals surface area contributed by atoms with Gasteiger partial charge in [0.15, 0.2) is 0 Å². The van der Waals surface area contributed by atoms with E-state index in [0.29, 0.717) is 17.9 Å². The van der Waals surface area contributed by atoms with Crippen LogP contribution in [0.2, 0.25) is 0 Å². The summed E-state index contributed by atoms with van der Waals surface area (Å²) in [6.45, 7) is 5.23. The van der Waals surface area contributed by atoms with Gasteiger partial charge >= 0.3 is 0 Å². The molecule has 2 nitrogen and oxygen atoms in total. The molecule has 3 saturated carbocycles. The number of hydrogen-bond acceptors (Lipinski definition) is 1. The van der Waals surface area contributed by atoms with Gasteiger partial charge in [-0.25, -0.2) is 0 Å². The van der Waals surface area contributed by atoms with Crippen molar-refractivity contribution in [3.05, 3.63) is 0 Å². The fourth-order valence-electron chi connectivity index (χ4n) is 4.70. The average Bonchev–Trinajstić information content (AvgIpc) is 2.78. The second-order valence-corrected chi connectivity index (χ2v) is 7.47. The molecule has 3 heteroatoms. The lowest BCUT2D eigenvalue weighted by atomic mass is 10.0. The molecule has 0 radical (unpaired) electrons. The van der Waals surface area contributed by atoms with Crippen LogP contribution in [0.3, 0.4) is 0 Å². The molecule has 18 heavy (non-hydrogen) atoms. The highest BCUT2D eigenvalue weighted by atomic mass is 79.9. The standard InChI is InChI=1S/C15H24BrNO/c1-9(2)17(7-3-6-16)15(18)14-12-10-4-5-11(8-10)13(12)14/h9-14H,3-8H2,1-2H3. The Labute approximate surface area is 119 Å². The third-order valence-electron chi connectivity index (χ3n) is 5.46. The van der Waals surface area contributed by atoms with Gasteiger partial charge in [0.05, 0.1) is 0 Å². The fraction of sp³-hybridized carbons (Fsp3) is 0.933. The smallest absolute Gasteiger partial charge is 0.226 e. The number of halogens is 1. The van der Waals surface area contributed by atoms with Crippen molar-refractivity contribution >= 4 is 21.8 Å². The number of carbonyl (C=O) groups is 1. The SMILES string of the molecule is CC(C)N(CCCBr)C(=O)C1C2C3CCC(C3)C12. The van der Waals surface area contributed by atoms with Crippen LogP contribution in [0.15, 0.2) is 0 Å². The summed E-state index contributed by atoms with van der Waals surface area (Å²) in [5.41, 5.74) is 0. The molecule has 102 valence electrons. The van der Waals surface area contributed by atoms with Gasteiger partial charge in [-0.05, 0) is 63.2 Å².